The van der Waals surface area contributed by atoms with E-state index in [1.807, 2.05) is 18.5 Å². The Morgan fingerprint density at radius 3 is 2.16 bits per heavy atom. The summed E-state index contributed by atoms with van der Waals surface area (Å²) < 4.78 is 71.6. The molecule has 0 radical (unpaired) electrons. The van der Waals surface area contributed by atoms with Gasteiger partial charge in [-0.25, -0.2) is 9.59 Å². The fourth-order valence-corrected chi connectivity index (χ4v) is 3.46. The number of carboxylic acid groups (broad SMARTS) is 2. The third-order valence-corrected chi connectivity index (χ3v) is 5.47. The maximum atomic E-state index is 10.6. The molecule has 0 spiro atoms. The van der Waals surface area contributed by atoms with Gasteiger partial charge in [0, 0.05) is 62.9 Å². The van der Waals surface area contributed by atoms with Crippen LogP contribution in [0.3, 0.4) is 0 Å². The summed E-state index contributed by atoms with van der Waals surface area (Å²) in [5, 5.41) is 19.0. The second-order valence-electron chi connectivity index (χ2n) is 8.70. The molecule has 2 N–H and O–H groups in total. The molecule has 212 valence electrons. The highest BCUT2D eigenvalue weighted by Crippen LogP contribution is 2.32. The summed E-state index contributed by atoms with van der Waals surface area (Å²) in [7, 11) is 0. The van der Waals surface area contributed by atoms with Crippen LogP contribution in [0.1, 0.15) is 42.5 Å². The van der Waals surface area contributed by atoms with Crippen molar-refractivity contribution < 1.29 is 50.9 Å². The third kappa shape index (κ3) is 10.7. The predicted molar refractivity (Wildman–Crippen MR) is 120 cm³/mol. The lowest BCUT2D eigenvalue weighted by molar-refractivity contribution is -0.193. The minimum atomic E-state index is -5.08. The van der Waals surface area contributed by atoms with Gasteiger partial charge in [-0.1, -0.05) is 6.07 Å². The van der Waals surface area contributed by atoms with Crippen molar-refractivity contribution >= 4 is 11.9 Å². The Kier molecular flexibility index (Phi) is 11.1. The van der Waals surface area contributed by atoms with E-state index in [1.54, 1.807) is 0 Å². The van der Waals surface area contributed by atoms with Gasteiger partial charge in [0.25, 0.3) is 0 Å². The van der Waals surface area contributed by atoms with Crippen LogP contribution >= 0.6 is 0 Å². The molecule has 2 aromatic heterocycles. The molecule has 1 fully saturated rings. The molecule has 4 rings (SSSR count). The Labute approximate surface area is 214 Å². The minimum Gasteiger partial charge on any atom is -0.475 e. The molecule has 1 aliphatic heterocycles. The quantitative estimate of drug-likeness (QED) is 0.492. The number of fused-ring (bicyclic) bond motifs is 1. The van der Waals surface area contributed by atoms with E-state index in [9.17, 15) is 26.3 Å². The van der Waals surface area contributed by atoms with Crippen LogP contribution in [0.25, 0.3) is 0 Å². The highest BCUT2D eigenvalue weighted by molar-refractivity contribution is 5.73. The zero-order valence-electron chi connectivity index (χ0n) is 20.4. The topological polar surface area (TPSA) is 118 Å². The molecule has 38 heavy (non-hydrogen) atoms. The number of hydrogen-bond donors (Lipinski definition) is 2. The molecule has 2 aliphatic rings. The number of halogens is 6. The number of ether oxygens (including phenoxy) is 1. The molecule has 1 saturated carbocycles. The Morgan fingerprint density at radius 2 is 1.68 bits per heavy atom. The maximum absolute atomic E-state index is 10.6. The van der Waals surface area contributed by atoms with Crippen LogP contribution in [-0.2, 0) is 34.0 Å². The van der Waals surface area contributed by atoms with E-state index < -0.39 is 24.3 Å². The summed E-state index contributed by atoms with van der Waals surface area (Å²) in [6, 6.07) is 4.15. The number of carboxylic acids is 2. The van der Waals surface area contributed by atoms with Gasteiger partial charge in [0.05, 0.1) is 12.3 Å². The van der Waals surface area contributed by atoms with Crippen LogP contribution in [0.15, 0.2) is 30.7 Å². The van der Waals surface area contributed by atoms with Crippen LogP contribution in [0.4, 0.5) is 26.3 Å². The molecule has 0 saturated heterocycles. The summed E-state index contributed by atoms with van der Waals surface area (Å²) in [5.41, 5.74) is 3.86. The third-order valence-electron chi connectivity index (χ3n) is 5.47. The summed E-state index contributed by atoms with van der Waals surface area (Å²) in [6.07, 6.45) is -1.47. The van der Waals surface area contributed by atoms with E-state index in [2.05, 4.69) is 33.8 Å². The van der Waals surface area contributed by atoms with Gasteiger partial charge in [-0.3, -0.25) is 14.6 Å². The zero-order chi connectivity index (χ0) is 28.5. The first-order chi connectivity index (χ1) is 17.7. The van der Waals surface area contributed by atoms with Crippen molar-refractivity contribution in [3.63, 3.8) is 0 Å². The van der Waals surface area contributed by atoms with Gasteiger partial charge in [-0.05, 0) is 37.3 Å². The highest BCUT2D eigenvalue weighted by atomic mass is 19.4. The van der Waals surface area contributed by atoms with Crippen molar-refractivity contribution in [1.82, 2.24) is 19.7 Å². The van der Waals surface area contributed by atoms with Crippen molar-refractivity contribution in [3.8, 4) is 0 Å². The summed E-state index contributed by atoms with van der Waals surface area (Å²) in [4.78, 5) is 24.5. The van der Waals surface area contributed by atoms with E-state index in [4.69, 9.17) is 29.6 Å². The van der Waals surface area contributed by atoms with Crippen LogP contribution in [0.5, 0.6) is 0 Å². The largest absolute Gasteiger partial charge is 0.490 e. The van der Waals surface area contributed by atoms with Crippen molar-refractivity contribution in [2.75, 3.05) is 19.8 Å². The Balaban J connectivity index is 0.000000301. The van der Waals surface area contributed by atoms with E-state index >= 15 is 0 Å². The van der Waals surface area contributed by atoms with Crippen molar-refractivity contribution in [1.29, 1.82) is 0 Å². The number of hydrogen-bond acceptors (Lipinski definition) is 6. The van der Waals surface area contributed by atoms with Gasteiger partial charge in [-0.2, -0.15) is 31.4 Å². The number of alkyl halides is 6. The first-order valence-electron chi connectivity index (χ1n) is 11.6. The van der Waals surface area contributed by atoms with Gasteiger partial charge >= 0.3 is 24.3 Å². The lowest BCUT2D eigenvalue weighted by atomic mass is 9.95. The smallest absolute Gasteiger partial charge is 0.475 e. The van der Waals surface area contributed by atoms with E-state index in [0.717, 1.165) is 45.3 Å². The van der Waals surface area contributed by atoms with Gasteiger partial charge in [0.15, 0.2) is 0 Å². The van der Waals surface area contributed by atoms with Gasteiger partial charge in [0.1, 0.15) is 0 Å². The van der Waals surface area contributed by atoms with Crippen LogP contribution in [-0.4, -0.2) is 73.9 Å². The first-order valence-corrected chi connectivity index (χ1v) is 11.6. The number of aliphatic carboxylic acids is 2. The van der Waals surface area contributed by atoms with Gasteiger partial charge < -0.3 is 14.9 Å². The number of aryl methyl sites for hydroxylation is 1. The highest BCUT2D eigenvalue weighted by Gasteiger charge is 2.39. The molecule has 0 bridgehead atoms. The zero-order valence-corrected chi connectivity index (χ0v) is 20.4. The van der Waals surface area contributed by atoms with Crippen LogP contribution in [0.2, 0.25) is 0 Å². The molecule has 15 heteroatoms. The molecule has 9 nitrogen and oxygen atoms in total. The molecule has 2 aromatic rings. The summed E-state index contributed by atoms with van der Waals surface area (Å²) in [6.45, 7) is 7.66. The monoisotopic (exact) mass is 554 g/mol. The first kappa shape index (κ1) is 31.0. The van der Waals surface area contributed by atoms with Crippen molar-refractivity contribution in [2.24, 2.45) is 5.92 Å². The van der Waals surface area contributed by atoms with Gasteiger partial charge in [0.2, 0.25) is 0 Å². The lowest BCUT2D eigenvalue weighted by Gasteiger charge is -2.32. The van der Waals surface area contributed by atoms with Crippen LogP contribution in [0, 0.1) is 5.92 Å². The van der Waals surface area contributed by atoms with Crippen LogP contribution < -0.4 is 0 Å². The predicted octanol–water partition coefficient (Wildman–Crippen LogP) is 4.09. The normalized spacial score (nSPS) is 17.4. The minimum absolute atomic E-state index is 0.421. The average Bonchev–Trinajstić information content (AvgIpc) is 3.55. The molecule has 3 heterocycles. The molecule has 1 aliphatic carbocycles. The Bertz CT molecular complexity index is 1020. The van der Waals surface area contributed by atoms with E-state index in [1.165, 1.54) is 29.7 Å². The van der Waals surface area contributed by atoms with Gasteiger partial charge in [-0.15, -0.1) is 0 Å². The Hall–Kier alpha value is -3.20. The molecule has 0 aromatic carbocycles. The molecule has 1 atom stereocenters. The Morgan fingerprint density at radius 1 is 1.08 bits per heavy atom. The molecule has 1 unspecified atom stereocenters. The number of aromatic nitrogens is 3. The summed E-state index contributed by atoms with van der Waals surface area (Å²) >= 11 is 0. The fourth-order valence-electron chi connectivity index (χ4n) is 3.46. The maximum Gasteiger partial charge on any atom is 0.490 e. The number of pyridine rings is 1. The number of nitrogens with zero attached hydrogens (tertiary/aromatic N) is 4. The average molecular weight is 554 g/mol. The lowest BCUT2D eigenvalue weighted by Crippen LogP contribution is -2.35. The number of carbonyl (C=O) groups is 2. The second kappa shape index (κ2) is 13.6. The SMILES string of the molecule is CCn1cc2c(n1)CN(Cc1cccnc1)CC2COCC1CC1.O=C(O)C(F)(F)F.O=C(O)C(F)(F)F. The molecular weight excluding hydrogens is 526 g/mol. The fraction of sp³-hybridized carbons (Fsp3) is 0.565. The van der Waals surface area contributed by atoms with E-state index in [0.29, 0.717) is 5.92 Å². The molecule has 0 amide bonds. The van der Waals surface area contributed by atoms with Crippen molar-refractivity contribution in [3.05, 3.63) is 47.5 Å². The second-order valence-corrected chi connectivity index (χ2v) is 8.70. The van der Waals surface area contributed by atoms with Crippen molar-refractivity contribution in [2.45, 2.75) is 57.7 Å². The number of rotatable bonds is 7. The molecular formula is C23H28F6N4O5. The van der Waals surface area contributed by atoms with E-state index in [-0.39, 0.29) is 0 Å². The standard InChI is InChI=1S/C19H26N4O.2C2HF3O2/c1-2-23-11-18-17(14-24-13-15-5-6-15)10-22(12-19(18)21-23)9-16-4-3-7-20-8-16;2*3-2(4,5)1(6)7/h3-4,7-8,11,15,17H,2,5-6,9-10,12-14H2,1H3;2*(H,6,7). The summed E-state index contributed by atoms with van der Waals surface area (Å²) in [5.74, 6) is -4.28.